The van der Waals surface area contributed by atoms with Gasteiger partial charge in [-0.25, -0.2) is 13.4 Å². The van der Waals surface area contributed by atoms with Gasteiger partial charge in [0, 0.05) is 18.0 Å². The van der Waals surface area contributed by atoms with Gasteiger partial charge in [-0.05, 0) is 29.6 Å². The summed E-state index contributed by atoms with van der Waals surface area (Å²) in [5, 5.41) is 5.19. The highest BCUT2D eigenvalue weighted by Gasteiger charge is 2.22. The first kappa shape index (κ1) is 19.0. The molecule has 0 radical (unpaired) electrons. The zero-order chi connectivity index (χ0) is 18.7. The topological polar surface area (TPSA) is 79.4 Å². The normalized spacial score (nSPS) is 12.0. The average molecular weight is 410 g/mol. The van der Waals surface area contributed by atoms with Crippen molar-refractivity contribution in [3.05, 3.63) is 40.6 Å². The molecule has 2 aromatic heterocycles. The Labute approximate surface area is 160 Å². The molecule has 9 heteroatoms. The maximum atomic E-state index is 12.6. The molecule has 1 amide bonds. The summed E-state index contributed by atoms with van der Waals surface area (Å²) in [7, 11) is -3.51. The fourth-order valence-corrected chi connectivity index (χ4v) is 5.75. The van der Waals surface area contributed by atoms with E-state index in [4.69, 9.17) is 0 Å². The Morgan fingerprint density at radius 3 is 2.65 bits per heavy atom. The maximum Gasteiger partial charge on any atom is 0.243 e. The van der Waals surface area contributed by atoms with Gasteiger partial charge in [0.2, 0.25) is 15.9 Å². The predicted octanol–water partition coefficient (Wildman–Crippen LogP) is 3.57. The van der Waals surface area contributed by atoms with Gasteiger partial charge in [-0.1, -0.05) is 31.3 Å². The van der Waals surface area contributed by atoms with Crippen LogP contribution < -0.4 is 5.32 Å². The van der Waals surface area contributed by atoms with Crippen molar-refractivity contribution in [3.8, 4) is 0 Å². The minimum atomic E-state index is -3.51. The smallest absolute Gasteiger partial charge is 0.243 e. The molecule has 0 saturated carbocycles. The van der Waals surface area contributed by atoms with Crippen LogP contribution in [0.3, 0.4) is 0 Å². The highest BCUT2D eigenvalue weighted by atomic mass is 32.2. The van der Waals surface area contributed by atoms with E-state index in [0.717, 1.165) is 9.58 Å². The number of rotatable bonds is 7. The van der Waals surface area contributed by atoms with Crippen LogP contribution in [0.15, 0.2) is 40.6 Å². The summed E-state index contributed by atoms with van der Waals surface area (Å²) in [6, 6.07) is 8.68. The van der Waals surface area contributed by atoms with Crippen molar-refractivity contribution < 1.29 is 13.2 Å². The van der Waals surface area contributed by atoms with Crippen LogP contribution in [0.1, 0.15) is 18.7 Å². The molecule has 3 aromatic rings. The van der Waals surface area contributed by atoms with Gasteiger partial charge in [0.25, 0.3) is 0 Å². The second-order valence-corrected chi connectivity index (χ2v) is 9.54. The van der Waals surface area contributed by atoms with Crippen LogP contribution in [0.2, 0.25) is 0 Å². The number of benzene rings is 1. The SMILES string of the molecule is CCN(CC)S(=O)(=O)c1ccc2nc(NC(=O)Cc3cccs3)sc2c1. The third kappa shape index (κ3) is 3.96. The molecule has 0 fully saturated rings. The average Bonchev–Trinajstić information content (AvgIpc) is 3.23. The number of hydrogen-bond donors (Lipinski definition) is 1. The van der Waals surface area contributed by atoms with Crippen LogP contribution in [-0.2, 0) is 21.2 Å². The van der Waals surface area contributed by atoms with Crippen molar-refractivity contribution in [1.82, 2.24) is 9.29 Å². The molecule has 6 nitrogen and oxygen atoms in total. The molecule has 0 aliphatic carbocycles. The first-order chi connectivity index (χ1) is 12.4. The highest BCUT2D eigenvalue weighted by molar-refractivity contribution is 7.89. The van der Waals surface area contributed by atoms with Crippen molar-refractivity contribution in [2.24, 2.45) is 0 Å². The van der Waals surface area contributed by atoms with Crippen molar-refractivity contribution in [2.45, 2.75) is 25.2 Å². The van der Waals surface area contributed by atoms with E-state index in [0.29, 0.717) is 30.2 Å². The van der Waals surface area contributed by atoms with E-state index in [2.05, 4.69) is 10.3 Å². The van der Waals surface area contributed by atoms with Crippen molar-refractivity contribution in [2.75, 3.05) is 18.4 Å². The Balaban J connectivity index is 1.82. The summed E-state index contributed by atoms with van der Waals surface area (Å²) >= 11 is 2.80. The van der Waals surface area contributed by atoms with Gasteiger partial charge in [0.05, 0.1) is 21.5 Å². The number of amides is 1. The molecule has 2 heterocycles. The van der Waals surface area contributed by atoms with Crippen molar-refractivity contribution in [1.29, 1.82) is 0 Å². The Hall–Kier alpha value is -1.81. The standard InChI is InChI=1S/C17H19N3O3S3/c1-3-20(4-2)26(22,23)13-7-8-14-15(11-13)25-17(18-14)19-16(21)10-12-6-5-9-24-12/h5-9,11H,3-4,10H2,1-2H3,(H,18,19,21). The number of carbonyl (C=O) groups excluding carboxylic acids is 1. The number of nitrogens with one attached hydrogen (secondary N) is 1. The number of thiazole rings is 1. The number of carbonyl (C=O) groups is 1. The minimum Gasteiger partial charge on any atom is -0.302 e. The van der Waals surface area contributed by atoms with Crippen LogP contribution in [0.25, 0.3) is 10.2 Å². The number of fused-ring (bicyclic) bond motifs is 1. The van der Waals surface area contributed by atoms with E-state index in [1.807, 2.05) is 31.4 Å². The number of hydrogen-bond acceptors (Lipinski definition) is 6. The summed E-state index contributed by atoms with van der Waals surface area (Å²) in [5.74, 6) is -0.137. The minimum absolute atomic E-state index is 0.137. The molecule has 0 bridgehead atoms. The summed E-state index contributed by atoms with van der Waals surface area (Å²) in [4.78, 5) is 17.7. The van der Waals surface area contributed by atoms with Crippen molar-refractivity contribution in [3.63, 3.8) is 0 Å². The van der Waals surface area contributed by atoms with E-state index < -0.39 is 10.0 Å². The molecule has 0 unspecified atom stereocenters. The number of sulfonamides is 1. The molecule has 138 valence electrons. The highest BCUT2D eigenvalue weighted by Crippen LogP contribution is 2.29. The first-order valence-corrected chi connectivity index (χ1v) is 11.3. The van der Waals surface area contributed by atoms with Gasteiger partial charge in [0.1, 0.15) is 0 Å². The third-order valence-corrected chi connectivity index (χ3v) is 7.72. The molecule has 26 heavy (non-hydrogen) atoms. The Bertz CT molecular complexity index is 1010. The zero-order valence-electron chi connectivity index (χ0n) is 14.4. The van der Waals surface area contributed by atoms with Crippen LogP contribution in [-0.4, -0.2) is 36.7 Å². The Kier molecular flexibility index (Phi) is 5.71. The molecular formula is C17H19N3O3S3. The summed E-state index contributed by atoms with van der Waals surface area (Å²) in [5.41, 5.74) is 0.667. The van der Waals surface area contributed by atoms with Crippen LogP contribution in [0, 0.1) is 0 Å². The quantitative estimate of drug-likeness (QED) is 0.647. The second kappa shape index (κ2) is 7.83. The fourth-order valence-electron chi connectivity index (χ4n) is 2.57. The molecule has 0 atom stereocenters. The molecule has 1 aromatic carbocycles. The Morgan fingerprint density at radius 2 is 2.00 bits per heavy atom. The van der Waals surface area contributed by atoms with Gasteiger partial charge < -0.3 is 5.32 Å². The second-order valence-electron chi connectivity index (χ2n) is 5.54. The lowest BCUT2D eigenvalue weighted by Crippen LogP contribution is -2.30. The summed E-state index contributed by atoms with van der Waals surface area (Å²) in [6.45, 7) is 4.47. The molecule has 0 aliphatic heterocycles. The maximum absolute atomic E-state index is 12.6. The van der Waals surface area contributed by atoms with E-state index in [-0.39, 0.29) is 10.8 Å². The summed E-state index contributed by atoms with van der Waals surface area (Å²) in [6.07, 6.45) is 0.301. The van der Waals surface area contributed by atoms with E-state index in [9.17, 15) is 13.2 Å². The number of nitrogens with zero attached hydrogens (tertiary/aromatic N) is 2. The van der Waals surface area contributed by atoms with Crippen LogP contribution >= 0.6 is 22.7 Å². The van der Waals surface area contributed by atoms with Gasteiger partial charge in [-0.15, -0.1) is 11.3 Å². The lowest BCUT2D eigenvalue weighted by atomic mass is 10.3. The number of thiophene rings is 1. The largest absolute Gasteiger partial charge is 0.302 e. The third-order valence-electron chi connectivity index (χ3n) is 3.86. The lowest BCUT2D eigenvalue weighted by molar-refractivity contribution is -0.115. The van der Waals surface area contributed by atoms with Gasteiger partial charge >= 0.3 is 0 Å². The zero-order valence-corrected chi connectivity index (χ0v) is 16.9. The molecule has 0 aliphatic rings. The fraction of sp³-hybridized carbons (Fsp3) is 0.294. The monoisotopic (exact) mass is 409 g/mol. The molecular weight excluding hydrogens is 390 g/mol. The Morgan fingerprint density at radius 1 is 1.23 bits per heavy atom. The van der Waals surface area contributed by atoms with Crippen LogP contribution in [0.4, 0.5) is 5.13 Å². The van der Waals surface area contributed by atoms with E-state index in [1.54, 1.807) is 18.2 Å². The first-order valence-electron chi connectivity index (χ1n) is 8.17. The number of aromatic nitrogens is 1. The van der Waals surface area contributed by atoms with Crippen LogP contribution in [0.5, 0.6) is 0 Å². The van der Waals surface area contributed by atoms with E-state index >= 15 is 0 Å². The van der Waals surface area contributed by atoms with E-state index in [1.165, 1.54) is 27.0 Å². The summed E-state index contributed by atoms with van der Waals surface area (Å²) < 4.78 is 27.4. The molecule has 3 rings (SSSR count). The predicted molar refractivity (Wildman–Crippen MR) is 106 cm³/mol. The molecule has 1 N–H and O–H groups in total. The molecule has 0 spiro atoms. The molecule has 0 saturated heterocycles. The van der Waals surface area contributed by atoms with Crippen molar-refractivity contribution >= 4 is 54.0 Å². The number of anilines is 1. The van der Waals surface area contributed by atoms with Gasteiger partial charge in [-0.3, -0.25) is 4.79 Å². The van der Waals surface area contributed by atoms with Gasteiger partial charge in [-0.2, -0.15) is 4.31 Å². The van der Waals surface area contributed by atoms with Gasteiger partial charge in [0.15, 0.2) is 5.13 Å². The lowest BCUT2D eigenvalue weighted by Gasteiger charge is -2.18.